The summed E-state index contributed by atoms with van der Waals surface area (Å²) < 4.78 is 10.3. The van der Waals surface area contributed by atoms with Crippen molar-refractivity contribution in [2.24, 2.45) is 0 Å². The highest BCUT2D eigenvalue weighted by Crippen LogP contribution is 2.12. The maximum Gasteiger partial charge on any atom is 0.373 e. The molecule has 0 rings (SSSR count). The van der Waals surface area contributed by atoms with Crippen molar-refractivity contribution in [1.29, 1.82) is 0 Å². The molecular formula is C13H24O3. The summed E-state index contributed by atoms with van der Waals surface area (Å²) in [4.78, 5) is 11.5. The quantitative estimate of drug-likeness (QED) is 0.262. The molecule has 0 saturated heterocycles. The fourth-order valence-corrected chi connectivity index (χ4v) is 1.42. The van der Waals surface area contributed by atoms with Crippen LogP contribution in [-0.4, -0.2) is 18.7 Å². The molecule has 0 aromatic rings. The number of hydrogen-bond donors (Lipinski definition) is 0. The van der Waals surface area contributed by atoms with Crippen LogP contribution in [0.3, 0.4) is 0 Å². The second-order valence-corrected chi connectivity index (χ2v) is 3.79. The summed E-state index contributed by atoms with van der Waals surface area (Å²) in [5.74, 6) is -0.318. The van der Waals surface area contributed by atoms with E-state index in [0.29, 0.717) is 6.61 Å². The molecule has 1 atom stereocenters. The Labute approximate surface area is 98.8 Å². The lowest BCUT2D eigenvalue weighted by Gasteiger charge is -2.16. The molecule has 0 fully saturated rings. The summed E-state index contributed by atoms with van der Waals surface area (Å²) in [6.45, 7) is 9.97. The minimum absolute atomic E-state index is 0.00347. The molecule has 0 amide bonds. The third-order valence-corrected chi connectivity index (χ3v) is 2.40. The van der Waals surface area contributed by atoms with Crippen LogP contribution in [0.15, 0.2) is 12.3 Å². The van der Waals surface area contributed by atoms with Gasteiger partial charge in [0.25, 0.3) is 0 Å². The zero-order valence-electron chi connectivity index (χ0n) is 10.8. The van der Waals surface area contributed by atoms with Crippen LogP contribution in [-0.2, 0) is 14.3 Å². The summed E-state index contributed by atoms with van der Waals surface area (Å²) in [5.41, 5.74) is 0. The highest BCUT2D eigenvalue weighted by atomic mass is 16.6. The molecule has 16 heavy (non-hydrogen) atoms. The van der Waals surface area contributed by atoms with Gasteiger partial charge >= 0.3 is 5.97 Å². The Morgan fingerprint density at radius 3 is 2.44 bits per heavy atom. The monoisotopic (exact) mass is 228 g/mol. The van der Waals surface area contributed by atoms with Gasteiger partial charge in [-0.25, -0.2) is 4.79 Å². The van der Waals surface area contributed by atoms with E-state index in [0.717, 1.165) is 19.3 Å². The van der Waals surface area contributed by atoms with E-state index in [1.54, 1.807) is 0 Å². The number of ether oxygens (including phenoxy) is 2. The first-order valence-electron chi connectivity index (χ1n) is 6.18. The zero-order valence-corrected chi connectivity index (χ0v) is 10.8. The molecule has 0 aliphatic rings. The van der Waals surface area contributed by atoms with Crippen molar-refractivity contribution < 1.29 is 14.3 Å². The Balaban J connectivity index is 3.91. The van der Waals surface area contributed by atoms with Crippen molar-refractivity contribution in [3.8, 4) is 0 Å². The molecule has 0 aliphatic heterocycles. The minimum Gasteiger partial charge on any atom is -0.487 e. The highest BCUT2D eigenvalue weighted by Gasteiger charge is 2.15. The molecule has 0 heterocycles. The zero-order chi connectivity index (χ0) is 12.4. The van der Waals surface area contributed by atoms with Gasteiger partial charge in [-0.15, -0.1) is 0 Å². The second-order valence-electron chi connectivity index (χ2n) is 3.79. The topological polar surface area (TPSA) is 35.5 Å². The van der Waals surface area contributed by atoms with Crippen LogP contribution in [0.25, 0.3) is 0 Å². The van der Waals surface area contributed by atoms with E-state index in [2.05, 4.69) is 13.5 Å². The molecule has 0 aromatic heterocycles. The predicted octanol–water partition coefficient (Wildman–Crippen LogP) is 3.44. The standard InChI is InChI=1S/C13H24O3/c1-5-8-9-10-12(6-2)16-13(14)11(4)15-7-3/h12H,4-10H2,1-3H3. The molecular weight excluding hydrogens is 204 g/mol. The summed E-state index contributed by atoms with van der Waals surface area (Å²) in [7, 11) is 0. The maximum atomic E-state index is 11.5. The van der Waals surface area contributed by atoms with Crippen molar-refractivity contribution in [2.75, 3.05) is 6.61 Å². The van der Waals surface area contributed by atoms with Gasteiger partial charge in [-0.3, -0.25) is 0 Å². The van der Waals surface area contributed by atoms with Gasteiger partial charge < -0.3 is 9.47 Å². The van der Waals surface area contributed by atoms with Crippen molar-refractivity contribution in [3.63, 3.8) is 0 Å². The van der Waals surface area contributed by atoms with Crippen molar-refractivity contribution in [3.05, 3.63) is 12.3 Å². The second kappa shape index (κ2) is 9.25. The molecule has 3 heteroatoms. The van der Waals surface area contributed by atoms with E-state index in [-0.39, 0.29) is 11.9 Å². The average Bonchev–Trinajstić information content (AvgIpc) is 2.28. The Bertz CT molecular complexity index is 211. The fraction of sp³-hybridized carbons (Fsp3) is 0.769. The fourth-order valence-electron chi connectivity index (χ4n) is 1.42. The van der Waals surface area contributed by atoms with Crippen molar-refractivity contribution >= 4 is 5.97 Å². The molecule has 0 saturated carbocycles. The van der Waals surface area contributed by atoms with E-state index >= 15 is 0 Å². The summed E-state index contributed by atoms with van der Waals surface area (Å²) in [5, 5.41) is 0. The maximum absolute atomic E-state index is 11.5. The molecule has 0 radical (unpaired) electrons. The van der Waals surface area contributed by atoms with Crippen LogP contribution < -0.4 is 0 Å². The number of hydrogen-bond acceptors (Lipinski definition) is 3. The van der Waals surface area contributed by atoms with Gasteiger partial charge in [0.1, 0.15) is 6.10 Å². The van der Waals surface area contributed by atoms with Gasteiger partial charge in [-0.2, -0.15) is 0 Å². The molecule has 3 nitrogen and oxygen atoms in total. The van der Waals surface area contributed by atoms with Gasteiger partial charge in [-0.1, -0.05) is 26.7 Å². The van der Waals surface area contributed by atoms with Crippen LogP contribution in [0.4, 0.5) is 0 Å². The molecule has 94 valence electrons. The third-order valence-electron chi connectivity index (χ3n) is 2.40. The number of esters is 1. The first kappa shape index (κ1) is 15.0. The van der Waals surface area contributed by atoms with Crippen molar-refractivity contribution in [2.45, 2.75) is 59.0 Å². The molecule has 0 N–H and O–H groups in total. The first-order valence-corrected chi connectivity index (χ1v) is 6.18. The lowest BCUT2D eigenvalue weighted by Crippen LogP contribution is -2.19. The van der Waals surface area contributed by atoms with Crippen molar-refractivity contribution in [1.82, 2.24) is 0 Å². The van der Waals surface area contributed by atoms with E-state index in [1.165, 1.54) is 12.8 Å². The Hall–Kier alpha value is -0.990. The molecule has 0 bridgehead atoms. The molecule has 0 aromatic carbocycles. The minimum atomic E-state index is -0.426. The Morgan fingerprint density at radius 2 is 1.94 bits per heavy atom. The van der Waals surface area contributed by atoms with Crippen LogP contribution in [0.2, 0.25) is 0 Å². The van der Waals surface area contributed by atoms with Gasteiger partial charge in [-0.05, 0) is 32.8 Å². The van der Waals surface area contributed by atoms with Crippen LogP contribution >= 0.6 is 0 Å². The average molecular weight is 228 g/mol. The van der Waals surface area contributed by atoms with Crippen LogP contribution in [0.1, 0.15) is 52.9 Å². The molecule has 0 spiro atoms. The van der Waals surface area contributed by atoms with E-state index in [1.807, 2.05) is 13.8 Å². The molecule has 0 aliphatic carbocycles. The Morgan fingerprint density at radius 1 is 1.25 bits per heavy atom. The predicted molar refractivity (Wildman–Crippen MR) is 65.1 cm³/mol. The lowest BCUT2D eigenvalue weighted by molar-refractivity contribution is -0.148. The number of unbranched alkanes of at least 4 members (excludes halogenated alkanes) is 2. The van der Waals surface area contributed by atoms with Crippen LogP contribution in [0, 0.1) is 0 Å². The van der Waals surface area contributed by atoms with E-state index < -0.39 is 5.97 Å². The van der Waals surface area contributed by atoms with E-state index in [9.17, 15) is 4.79 Å². The summed E-state index contributed by atoms with van der Waals surface area (Å²) in [6, 6.07) is 0. The van der Waals surface area contributed by atoms with Gasteiger partial charge in [0, 0.05) is 0 Å². The normalized spacial score (nSPS) is 11.9. The lowest BCUT2D eigenvalue weighted by atomic mass is 10.1. The third kappa shape index (κ3) is 6.49. The summed E-state index contributed by atoms with van der Waals surface area (Å²) >= 11 is 0. The first-order chi connectivity index (χ1) is 7.65. The number of carbonyl (C=O) groups is 1. The Kier molecular flexibility index (Phi) is 8.68. The smallest absolute Gasteiger partial charge is 0.373 e. The number of rotatable bonds is 9. The van der Waals surface area contributed by atoms with Gasteiger partial charge in [0.15, 0.2) is 5.76 Å². The number of carbonyl (C=O) groups excluding carboxylic acids is 1. The van der Waals surface area contributed by atoms with Gasteiger partial charge in [0.05, 0.1) is 6.61 Å². The largest absolute Gasteiger partial charge is 0.487 e. The summed E-state index contributed by atoms with van der Waals surface area (Å²) in [6.07, 6.45) is 5.22. The van der Waals surface area contributed by atoms with Gasteiger partial charge in [0.2, 0.25) is 0 Å². The SMILES string of the molecule is C=C(OCC)C(=O)OC(CC)CCCCC. The highest BCUT2D eigenvalue weighted by molar-refractivity contribution is 5.85. The molecule has 1 unspecified atom stereocenters. The van der Waals surface area contributed by atoms with E-state index in [4.69, 9.17) is 9.47 Å². The van der Waals surface area contributed by atoms with Crippen LogP contribution in [0.5, 0.6) is 0 Å².